The number of hydrogen-bond donors (Lipinski definition) is 0. The lowest BCUT2D eigenvalue weighted by Gasteiger charge is -2.10. The smallest absolute Gasteiger partial charge is 0.236 e. The first-order valence-corrected chi connectivity index (χ1v) is 4.14. The van der Waals surface area contributed by atoms with Gasteiger partial charge in [0.1, 0.15) is 0 Å². The van der Waals surface area contributed by atoms with Crippen molar-refractivity contribution >= 4 is 0 Å². The molecule has 4 nitrogen and oxygen atoms in total. The third-order valence-electron chi connectivity index (χ3n) is 1.79. The second-order valence-electron chi connectivity index (χ2n) is 3.01. The van der Waals surface area contributed by atoms with Gasteiger partial charge in [-0.2, -0.15) is 0 Å². The summed E-state index contributed by atoms with van der Waals surface area (Å²) < 4.78 is 10.1. The van der Waals surface area contributed by atoms with Crippen molar-refractivity contribution in [3.05, 3.63) is 11.6 Å². The zero-order valence-corrected chi connectivity index (χ0v) is 8.37. The van der Waals surface area contributed by atoms with E-state index in [1.807, 2.05) is 6.07 Å². The van der Waals surface area contributed by atoms with Crippen LogP contribution in [0, 0.1) is 0 Å². The summed E-state index contributed by atoms with van der Waals surface area (Å²) in [6.45, 7) is 4.14. The summed E-state index contributed by atoms with van der Waals surface area (Å²) in [6.07, 6.45) is 0. The molecule has 13 heavy (non-hydrogen) atoms. The van der Waals surface area contributed by atoms with Crippen LogP contribution in [0.1, 0.15) is 25.3 Å². The van der Waals surface area contributed by atoms with Gasteiger partial charge in [0, 0.05) is 11.6 Å². The summed E-state index contributed by atoms with van der Waals surface area (Å²) in [6, 6.07) is 1.84. The molecule has 0 atom stereocenters. The van der Waals surface area contributed by atoms with Gasteiger partial charge >= 0.3 is 0 Å². The van der Waals surface area contributed by atoms with E-state index >= 15 is 0 Å². The van der Waals surface area contributed by atoms with Crippen molar-refractivity contribution in [2.45, 2.75) is 19.8 Å². The van der Waals surface area contributed by atoms with Crippen LogP contribution in [-0.2, 0) is 0 Å². The molecule has 72 valence electrons. The molecule has 0 bridgehead atoms. The molecule has 0 aromatic carbocycles. The molecule has 1 heterocycles. The zero-order chi connectivity index (χ0) is 9.84. The van der Waals surface area contributed by atoms with Gasteiger partial charge in [0.2, 0.25) is 11.8 Å². The Morgan fingerprint density at radius 1 is 1.15 bits per heavy atom. The van der Waals surface area contributed by atoms with Crippen molar-refractivity contribution in [3.63, 3.8) is 0 Å². The molecule has 0 aliphatic heterocycles. The third-order valence-corrected chi connectivity index (χ3v) is 1.79. The first-order valence-electron chi connectivity index (χ1n) is 4.14. The molecular formula is C9H14N2O2. The highest BCUT2D eigenvalue weighted by Crippen LogP contribution is 2.25. The molecule has 0 unspecified atom stereocenters. The summed E-state index contributed by atoms with van der Waals surface area (Å²) in [5.41, 5.74) is 1.01. The number of ether oxygens (including phenoxy) is 2. The quantitative estimate of drug-likeness (QED) is 0.712. The first-order chi connectivity index (χ1) is 6.19. The molecule has 0 spiro atoms. The highest BCUT2D eigenvalue weighted by Gasteiger charge is 2.10. The highest BCUT2D eigenvalue weighted by atomic mass is 16.5. The predicted octanol–water partition coefficient (Wildman–Crippen LogP) is 1.62. The van der Waals surface area contributed by atoms with Crippen molar-refractivity contribution in [1.82, 2.24) is 10.2 Å². The molecule has 0 saturated carbocycles. The van der Waals surface area contributed by atoms with E-state index in [2.05, 4.69) is 24.0 Å². The minimum atomic E-state index is 0.347. The molecule has 0 radical (unpaired) electrons. The van der Waals surface area contributed by atoms with Gasteiger partial charge in [-0.15, -0.1) is 10.2 Å². The monoisotopic (exact) mass is 182 g/mol. The Bertz CT molecular complexity index is 287. The van der Waals surface area contributed by atoms with Crippen LogP contribution in [0.3, 0.4) is 0 Å². The number of aromatic nitrogens is 2. The van der Waals surface area contributed by atoms with Gasteiger partial charge in [-0.25, -0.2) is 0 Å². The predicted molar refractivity (Wildman–Crippen MR) is 49.2 cm³/mol. The van der Waals surface area contributed by atoms with Crippen molar-refractivity contribution in [1.29, 1.82) is 0 Å². The minimum Gasteiger partial charge on any atom is -0.480 e. The number of rotatable bonds is 3. The van der Waals surface area contributed by atoms with Gasteiger partial charge < -0.3 is 9.47 Å². The lowest BCUT2D eigenvalue weighted by atomic mass is 10.1. The van der Waals surface area contributed by atoms with Gasteiger partial charge in [0.25, 0.3) is 0 Å². The Kier molecular flexibility index (Phi) is 3.06. The van der Waals surface area contributed by atoms with Crippen LogP contribution in [0.5, 0.6) is 11.8 Å². The standard InChI is InChI=1S/C9H14N2O2/c1-6(2)7-5-8(12-3)10-11-9(7)13-4/h5-6H,1-4H3. The van der Waals surface area contributed by atoms with E-state index < -0.39 is 0 Å². The summed E-state index contributed by atoms with van der Waals surface area (Å²) >= 11 is 0. The second-order valence-corrected chi connectivity index (χ2v) is 3.01. The molecule has 0 saturated heterocycles. The second kappa shape index (κ2) is 4.07. The van der Waals surface area contributed by atoms with Crippen LogP contribution in [-0.4, -0.2) is 24.4 Å². The van der Waals surface area contributed by atoms with E-state index in [1.54, 1.807) is 14.2 Å². The Labute approximate surface area is 77.9 Å². The van der Waals surface area contributed by atoms with E-state index in [-0.39, 0.29) is 0 Å². The van der Waals surface area contributed by atoms with Crippen LogP contribution < -0.4 is 9.47 Å². The summed E-state index contributed by atoms with van der Waals surface area (Å²) in [7, 11) is 3.16. The maximum absolute atomic E-state index is 5.08. The lowest BCUT2D eigenvalue weighted by Crippen LogP contribution is -2.00. The number of hydrogen-bond acceptors (Lipinski definition) is 4. The fraction of sp³-hybridized carbons (Fsp3) is 0.556. The largest absolute Gasteiger partial charge is 0.480 e. The minimum absolute atomic E-state index is 0.347. The molecule has 0 N–H and O–H groups in total. The van der Waals surface area contributed by atoms with E-state index in [9.17, 15) is 0 Å². The van der Waals surface area contributed by atoms with E-state index in [4.69, 9.17) is 9.47 Å². The van der Waals surface area contributed by atoms with Crippen LogP contribution in [0.15, 0.2) is 6.07 Å². The van der Waals surface area contributed by atoms with Gasteiger partial charge in [-0.3, -0.25) is 0 Å². The van der Waals surface area contributed by atoms with Crippen molar-refractivity contribution in [3.8, 4) is 11.8 Å². The lowest BCUT2D eigenvalue weighted by molar-refractivity contribution is 0.361. The van der Waals surface area contributed by atoms with Gasteiger partial charge in [0.15, 0.2) is 0 Å². The molecule has 0 amide bonds. The van der Waals surface area contributed by atoms with Crippen LogP contribution in [0.25, 0.3) is 0 Å². The maximum Gasteiger partial charge on any atom is 0.236 e. The van der Waals surface area contributed by atoms with Crippen molar-refractivity contribution in [2.75, 3.05) is 14.2 Å². The Balaban J connectivity index is 3.10. The Hall–Kier alpha value is -1.32. The number of nitrogens with zero attached hydrogens (tertiary/aromatic N) is 2. The Morgan fingerprint density at radius 2 is 1.85 bits per heavy atom. The zero-order valence-electron chi connectivity index (χ0n) is 8.37. The molecule has 0 aliphatic rings. The molecular weight excluding hydrogens is 168 g/mol. The number of methoxy groups -OCH3 is 2. The topological polar surface area (TPSA) is 44.2 Å². The SMILES string of the molecule is COc1cc(C(C)C)c(OC)nn1. The molecule has 0 aliphatic carbocycles. The normalized spacial score (nSPS) is 10.2. The average molecular weight is 182 g/mol. The van der Waals surface area contributed by atoms with Gasteiger partial charge in [-0.1, -0.05) is 13.8 Å². The first kappa shape index (κ1) is 9.77. The molecule has 4 heteroatoms. The van der Waals surface area contributed by atoms with Gasteiger partial charge in [-0.05, 0) is 5.92 Å². The molecule has 1 aromatic heterocycles. The molecule has 1 aromatic rings. The fourth-order valence-electron chi connectivity index (χ4n) is 1.05. The maximum atomic E-state index is 5.08. The van der Waals surface area contributed by atoms with Gasteiger partial charge in [0.05, 0.1) is 14.2 Å². The third kappa shape index (κ3) is 2.08. The van der Waals surface area contributed by atoms with E-state index in [0.29, 0.717) is 17.7 Å². The highest BCUT2D eigenvalue weighted by molar-refractivity contribution is 5.31. The summed E-state index contributed by atoms with van der Waals surface area (Å²) in [5.74, 6) is 1.43. The fourth-order valence-corrected chi connectivity index (χ4v) is 1.05. The van der Waals surface area contributed by atoms with Crippen LogP contribution >= 0.6 is 0 Å². The molecule has 0 fully saturated rings. The van der Waals surface area contributed by atoms with Crippen molar-refractivity contribution < 1.29 is 9.47 Å². The van der Waals surface area contributed by atoms with Crippen LogP contribution in [0.4, 0.5) is 0 Å². The Morgan fingerprint density at radius 3 is 2.31 bits per heavy atom. The summed E-state index contributed by atoms with van der Waals surface area (Å²) in [4.78, 5) is 0. The summed E-state index contributed by atoms with van der Waals surface area (Å²) in [5, 5.41) is 7.71. The van der Waals surface area contributed by atoms with E-state index in [1.165, 1.54) is 0 Å². The van der Waals surface area contributed by atoms with E-state index in [0.717, 1.165) is 5.56 Å². The van der Waals surface area contributed by atoms with Crippen molar-refractivity contribution in [2.24, 2.45) is 0 Å². The molecule has 1 rings (SSSR count). The van der Waals surface area contributed by atoms with Crippen LogP contribution in [0.2, 0.25) is 0 Å². The average Bonchev–Trinajstić information content (AvgIpc) is 2.16.